The summed E-state index contributed by atoms with van der Waals surface area (Å²) in [5.74, 6) is 1.21. The van der Waals surface area contributed by atoms with E-state index in [9.17, 15) is 18.7 Å². The van der Waals surface area contributed by atoms with Crippen molar-refractivity contribution in [1.29, 1.82) is 0 Å². The predicted octanol–water partition coefficient (Wildman–Crippen LogP) is 8.40. The number of carbonyl (C=O) groups excluding carboxylic acids is 1. The van der Waals surface area contributed by atoms with Crippen molar-refractivity contribution < 1.29 is 37.6 Å². The summed E-state index contributed by atoms with van der Waals surface area (Å²) in [6.45, 7) is 0.321. The minimum absolute atomic E-state index is 0.105. The molecule has 1 aliphatic carbocycles. The fraction of sp³-hybridized carbons (Fsp3) is 0.410. The highest BCUT2D eigenvalue weighted by molar-refractivity contribution is 6.35. The molecule has 2 aromatic heterocycles. The SMILES string of the molecule is O=C(O[C@H]1CN2CCC1CC2)N(Cc1ccc(C(O)O[C@@H](Cc2c(Cl)cncc2Cl)c2ccc(OC(F)F)c(OCC3CC3)c2)cc1)c1ccccn1. The third kappa shape index (κ3) is 9.54. The molecule has 10 nitrogen and oxygen atoms in total. The van der Waals surface area contributed by atoms with Gasteiger partial charge in [-0.3, -0.25) is 14.8 Å². The van der Waals surface area contributed by atoms with Gasteiger partial charge in [0.25, 0.3) is 0 Å². The Morgan fingerprint density at radius 3 is 2.34 bits per heavy atom. The van der Waals surface area contributed by atoms with E-state index in [-0.39, 0.29) is 30.6 Å². The van der Waals surface area contributed by atoms with Gasteiger partial charge in [-0.15, -0.1) is 0 Å². The number of aromatic nitrogens is 2. The monoisotopic (exact) mass is 768 g/mol. The summed E-state index contributed by atoms with van der Waals surface area (Å²) in [7, 11) is 0. The number of nitrogens with zero attached hydrogens (tertiary/aromatic N) is 4. The summed E-state index contributed by atoms with van der Waals surface area (Å²) < 4.78 is 49.5. The number of hydrogen-bond acceptors (Lipinski definition) is 9. The molecule has 1 N–H and O–H groups in total. The number of piperidine rings is 3. The third-order valence-electron chi connectivity index (χ3n) is 9.96. The van der Waals surface area contributed by atoms with Crippen LogP contribution in [-0.4, -0.2) is 65.0 Å². The molecular formula is C39H40Cl2F2N4O6. The molecule has 4 aromatic rings. The second-order valence-corrected chi connectivity index (χ2v) is 14.5. The van der Waals surface area contributed by atoms with Gasteiger partial charge in [-0.25, -0.2) is 9.78 Å². The van der Waals surface area contributed by atoms with Crippen LogP contribution in [0.2, 0.25) is 10.0 Å². The molecule has 4 fully saturated rings. The molecule has 0 spiro atoms. The summed E-state index contributed by atoms with van der Waals surface area (Å²) >= 11 is 13.0. The molecule has 8 rings (SSSR count). The number of amides is 1. The minimum atomic E-state index is -3.04. The molecule has 14 heteroatoms. The van der Waals surface area contributed by atoms with Gasteiger partial charge in [-0.05, 0) is 91.6 Å². The molecule has 3 aliphatic heterocycles. The van der Waals surface area contributed by atoms with Crippen LogP contribution in [0.15, 0.2) is 79.3 Å². The van der Waals surface area contributed by atoms with Gasteiger partial charge in [-0.1, -0.05) is 59.6 Å². The second kappa shape index (κ2) is 16.9. The predicted molar refractivity (Wildman–Crippen MR) is 194 cm³/mol. The number of aliphatic hydroxyl groups excluding tert-OH is 1. The Morgan fingerprint density at radius 1 is 0.962 bits per heavy atom. The number of carbonyl (C=O) groups is 1. The summed E-state index contributed by atoms with van der Waals surface area (Å²) in [5, 5.41) is 12.0. The molecule has 2 bridgehead atoms. The maximum absolute atomic E-state index is 13.6. The van der Waals surface area contributed by atoms with E-state index in [1.807, 2.05) is 6.07 Å². The Balaban J connectivity index is 1.09. The average Bonchev–Trinajstić information content (AvgIpc) is 4.00. The molecular weight excluding hydrogens is 729 g/mol. The number of aliphatic hydroxyl groups is 1. The summed E-state index contributed by atoms with van der Waals surface area (Å²) in [6, 6.07) is 16.9. The number of rotatable bonds is 15. The molecule has 1 unspecified atom stereocenters. The normalized spacial score (nSPS) is 20.5. The van der Waals surface area contributed by atoms with Gasteiger partial charge in [-0.2, -0.15) is 8.78 Å². The number of ether oxygens (including phenoxy) is 4. The van der Waals surface area contributed by atoms with E-state index in [0.717, 1.165) is 50.9 Å². The molecule has 5 heterocycles. The van der Waals surface area contributed by atoms with Crippen LogP contribution < -0.4 is 14.4 Å². The zero-order valence-electron chi connectivity index (χ0n) is 28.8. The van der Waals surface area contributed by atoms with Crippen LogP contribution >= 0.6 is 23.2 Å². The van der Waals surface area contributed by atoms with Crippen molar-refractivity contribution in [3.8, 4) is 11.5 Å². The summed E-state index contributed by atoms with van der Waals surface area (Å²) in [6.07, 6.45) is 5.81. The maximum Gasteiger partial charge on any atom is 0.416 e. The topological polar surface area (TPSA) is 106 Å². The molecule has 2 aromatic carbocycles. The van der Waals surface area contributed by atoms with E-state index in [2.05, 4.69) is 14.9 Å². The van der Waals surface area contributed by atoms with E-state index in [1.165, 1.54) is 23.4 Å². The van der Waals surface area contributed by atoms with Gasteiger partial charge >= 0.3 is 12.7 Å². The lowest BCUT2D eigenvalue weighted by Crippen LogP contribution is -2.53. The van der Waals surface area contributed by atoms with Crippen LogP contribution in [-0.2, 0) is 22.4 Å². The highest BCUT2D eigenvalue weighted by atomic mass is 35.5. The fourth-order valence-corrected chi connectivity index (χ4v) is 7.30. The maximum atomic E-state index is 13.6. The molecule has 3 atom stereocenters. The van der Waals surface area contributed by atoms with Crippen LogP contribution in [0.1, 0.15) is 60.3 Å². The highest BCUT2D eigenvalue weighted by Crippen LogP contribution is 2.39. The van der Waals surface area contributed by atoms with Gasteiger partial charge in [0.2, 0.25) is 0 Å². The van der Waals surface area contributed by atoms with Crippen molar-refractivity contribution in [2.45, 2.75) is 63.8 Å². The lowest BCUT2D eigenvalue weighted by molar-refractivity contribution is -0.141. The van der Waals surface area contributed by atoms with E-state index >= 15 is 0 Å². The zero-order valence-corrected chi connectivity index (χ0v) is 30.3. The number of anilines is 1. The molecule has 1 amide bonds. The van der Waals surface area contributed by atoms with Gasteiger partial charge in [0.05, 0.1) is 29.3 Å². The Kier molecular flexibility index (Phi) is 11.9. The van der Waals surface area contributed by atoms with Crippen molar-refractivity contribution in [2.75, 3.05) is 31.1 Å². The number of halogens is 4. The Bertz CT molecular complexity index is 1830. The van der Waals surface area contributed by atoms with E-state index in [1.54, 1.807) is 54.7 Å². The van der Waals surface area contributed by atoms with E-state index in [0.29, 0.717) is 51.0 Å². The molecule has 4 aliphatic rings. The second-order valence-electron chi connectivity index (χ2n) is 13.7. The van der Waals surface area contributed by atoms with Gasteiger partial charge < -0.3 is 24.1 Å². The number of alkyl halides is 2. The van der Waals surface area contributed by atoms with Crippen molar-refractivity contribution >= 4 is 35.1 Å². The largest absolute Gasteiger partial charge is 0.489 e. The number of benzene rings is 2. The van der Waals surface area contributed by atoms with Crippen LogP contribution in [0.3, 0.4) is 0 Å². The zero-order chi connectivity index (χ0) is 36.9. The average molecular weight is 770 g/mol. The van der Waals surface area contributed by atoms with E-state index in [4.69, 9.17) is 42.1 Å². The minimum Gasteiger partial charge on any atom is -0.489 e. The van der Waals surface area contributed by atoms with Crippen molar-refractivity contribution in [1.82, 2.24) is 14.9 Å². The van der Waals surface area contributed by atoms with Crippen molar-refractivity contribution in [3.05, 3.63) is 112 Å². The first-order valence-electron chi connectivity index (χ1n) is 17.7. The fourth-order valence-electron chi connectivity index (χ4n) is 6.78. The third-order valence-corrected chi connectivity index (χ3v) is 10.6. The molecule has 280 valence electrons. The summed E-state index contributed by atoms with van der Waals surface area (Å²) in [4.78, 5) is 25.9. The lowest BCUT2D eigenvalue weighted by Gasteiger charge is -2.44. The first-order chi connectivity index (χ1) is 25.7. The van der Waals surface area contributed by atoms with Gasteiger partial charge in [0, 0.05) is 37.1 Å². The molecule has 0 radical (unpaired) electrons. The van der Waals surface area contributed by atoms with Crippen LogP contribution in [0.4, 0.5) is 19.4 Å². The smallest absolute Gasteiger partial charge is 0.416 e. The number of pyridine rings is 2. The van der Waals surface area contributed by atoms with Gasteiger partial charge in [0.1, 0.15) is 11.9 Å². The number of hydrogen-bond donors (Lipinski definition) is 1. The molecule has 3 saturated heterocycles. The number of fused-ring (bicyclic) bond motifs is 3. The standard InChI is InChI=1S/C39H40Cl2F2N4O6/c40-30-19-44-20-31(41)29(30)18-33(28-10-11-32(52-38(42)43)34(17-28)50-23-25-4-5-25)51-37(48)27-8-6-24(7-9-27)21-47(36-3-1-2-14-45-36)39(49)53-35-22-46-15-12-26(35)13-16-46/h1-3,6-11,14,17,19-20,25-26,33,35,37-38,48H,4-5,12-13,15-16,18,21-23H2/t33-,35-,37?/m0/s1. The van der Waals surface area contributed by atoms with Gasteiger partial charge in [0.15, 0.2) is 17.8 Å². The quantitative estimate of drug-likeness (QED) is 0.119. The Morgan fingerprint density at radius 2 is 1.70 bits per heavy atom. The first-order valence-corrected chi connectivity index (χ1v) is 18.5. The van der Waals surface area contributed by atoms with Crippen LogP contribution in [0.5, 0.6) is 11.5 Å². The van der Waals surface area contributed by atoms with E-state index < -0.39 is 25.1 Å². The highest BCUT2D eigenvalue weighted by Gasteiger charge is 2.37. The molecule has 1 saturated carbocycles. The summed E-state index contributed by atoms with van der Waals surface area (Å²) in [5.41, 5.74) is 2.26. The Hall–Kier alpha value is -4.07. The van der Waals surface area contributed by atoms with Crippen LogP contribution in [0, 0.1) is 11.8 Å². The molecule has 53 heavy (non-hydrogen) atoms. The Labute approximate surface area is 316 Å². The first kappa shape index (κ1) is 37.3. The van der Waals surface area contributed by atoms with Crippen molar-refractivity contribution in [2.24, 2.45) is 11.8 Å². The van der Waals surface area contributed by atoms with Crippen LogP contribution in [0.25, 0.3) is 0 Å². The lowest BCUT2D eigenvalue weighted by atomic mass is 9.86. The van der Waals surface area contributed by atoms with Crippen molar-refractivity contribution in [3.63, 3.8) is 0 Å².